The molecule has 0 saturated carbocycles. The Hall–Kier alpha value is -0.850. The highest BCUT2D eigenvalue weighted by Crippen LogP contribution is 2.23. The summed E-state index contributed by atoms with van der Waals surface area (Å²) >= 11 is 0. The molecule has 0 radical (unpaired) electrons. The smallest absolute Gasteiger partial charge is 0.350 e. The number of carbonyl (C=O) groups is 1. The Kier molecular flexibility index (Phi) is 4.73. The van der Waals surface area contributed by atoms with E-state index in [9.17, 15) is 22.4 Å². The van der Waals surface area contributed by atoms with Crippen LogP contribution in [0.4, 0.5) is 17.6 Å². The first-order valence-corrected chi connectivity index (χ1v) is 5.47. The van der Waals surface area contributed by atoms with E-state index >= 15 is 0 Å². The molecule has 1 aliphatic heterocycles. The lowest BCUT2D eigenvalue weighted by atomic mass is 9.98. The maximum absolute atomic E-state index is 12.6. The third kappa shape index (κ3) is 3.83. The van der Waals surface area contributed by atoms with Crippen molar-refractivity contribution in [2.75, 3.05) is 26.7 Å². The van der Waals surface area contributed by atoms with E-state index in [1.165, 1.54) is 0 Å². The lowest BCUT2D eigenvalue weighted by molar-refractivity contribution is -0.169. The van der Waals surface area contributed by atoms with Gasteiger partial charge in [0.1, 0.15) is 0 Å². The fourth-order valence-electron chi connectivity index (χ4n) is 1.89. The zero-order valence-corrected chi connectivity index (χ0v) is 9.56. The number of nitrogens with one attached hydrogen (secondary N) is 1. The van der Waals surface area contributed by atoms with E-state index in [1.807, 2.05) is 17.3 Å². The van der Waals surface area contributed by atoms with Crippen LogP contribution >= 0.6 is 0 Å². The zero-order valence-electron chi connectivity index (χ0n) is 9.56. The van der Waals surface area contributed by atoms with Crippen LogP contribution in [0.3, 0.4) is 0 Å². The van der Waals surface area contributed by atoms with E-state index in [0.717, 1.165) is 19.4 Å². The molecule has 0 aromatic carbocycles. The predicted molar refractivity (Wildman–Crippen MR) is 54.2 cm³/mol. The van der Waals surface area contributed by atoms with Crippen LogP contribution in [0.15, 0.2) is 0 Å². The van der Waals surface area contributed by atoms with Crippen molar-refractivity contribution in [3.63, 3.8) is 0 Å². The molecule has 0 bridgehead atoms. The number of hydrogen-bond acceptors (Lipinski definition) is 2. The van der Waals surface area contributed by atoms with E-state index in [0.29, 0.717) is 6.54 Å². The third-order valence-electron chi connectivity index (χ3n) is 2.85. The largest absolute Gasteiger partial charge is 0.383 e. The maximum atomic E-state index is 12.6. The average molecular weight is 256 g/mol. The Morgan fingerprint density at radius 2 is 2.18 bits per heavy atom. The Bertz CT molecular complexity index is 273. The topological polar surface area (TPSA) is 32.3 Å². The number of nitrogens with zero attached hydrogens (tertiary/aromatic N) is 1. The van der Waals surface area contributed by atoms with E-state index in [2.05, 4.69) is 0 Å². The van der Waals surface area contributed by atoms with Gasteiger partial charge in [0.05, 0.1) is 0 Å². The molecular formula is C10H16F4N2O. The number of amides is 1. The van der Waals surface area contributed by atoms with E-state index in [4.69, 9.17) is 0 Å². The van der Waals surface area contributed by atoms with Crippen LogP contribution in [-0.2, 0) is 4.79 Å². The summed E-state index contributed by atoms with van der Waals surface area (Å²) in [5, 5.41) is 1.90. The first-order valence-electron chi connectivity index (χ1n) is 5.47. The van der Waals surface area contributed by atoms with Gasteiger partial charge in [-0.15, -0.1) is 0 Å². The van der Waals surface area contributed by atoms with Crippen molar-refractivity contribution in [2.24, 2.45) is 5.92 Å². The SMILES string of the molecule is CN1CCCC(CNC(=O)C(F)(F)C(F)F)C1. The molecule has 1 atom stereocenters. The number of alkyl halides is 4. The summed E-state index contributed by atoms with van der Waals surface area (Å²) in [6.45, 7) is 1.63. The number of rotatable bonds is 4. The van der Waals surface area contributed by atoms with E-state index in [-0.39, 0.29) is 12.5 Å². The number of carbonyl (C=O) groups excluding carboxylic acids is 1. The van der Waals surface area contributed by atoms with Gasteiger partial charge in [-0.25, -0.2) is 8.78 Å². The molecule has 1 aliphatic rings. The first kappa shape index (κ1) is 14.2. The van der Waals surface area contributed by atoms with Gasteiger partial charge in [0.15, 0.2) is 0 Å². The highest BCUT2D eigenvalue weighted by Gasteiger charge is 2.48. The van der Waals surface area contributed by atoms with E-state index < -0.39 is 18.3 Å². The molecule has 1 unspecified atom stereocenters. The average Bonchev–Trinajstić information content (AvgIpc) is 2.25. The van der Waals surface area contributed by atoms with Gasteiger partial charge in [0, 0.05) is 13.1 Å². The molecule has 1 N–H and O–H groups in total. The highest BCUT2D eigenvalue weighted by atomic mass is 19.3. The molecule has 1 amide bonds. The molecule has 0 aromatic rings. The van der Waals surface area contributed by atoms with Gasteiger partial charge in [-0.1, -0.05) is 0 Å². The van der Waals surface area contributed by atoms with E-state index in [1.54, 1.807) is 0 Å². The van der Waals surface area contributed by atoms with Crippen LogP contribution in [0, 0.1) is 5.92 Å². The van der Waals surface area contributed by atoms with Crippen LogP contribution in [0.25, 0.3) is 0 Å². The Balaban J connectivity index is 2.37. The minimum atomic E-state index is -4.60. The van der Waals surface area contributed by atoms with Crippen LogP contribution < -0.4 is 5.32 Å². The molecular weight excluding hydrogens is 240 g/mol. The molecule has 100 valence electrons. The standard InChI is InChI=1S/C10H16F4N2O/c1-16-4-2-3-7(6-16)5-15-9(17)10(13,14)8(11)12/h7-8H,2-6H2,1H3,(H,15,17). The normalized spacial score (nSPS) is 22.8. The summed E-state index contributed by atoms with van der Waals surface area (Å²) in [7, 11) is 1.89. The summed E-state index contributed by atoms with van der Waals surface area (Å²) in [6, 6.07) is 0. The molecule has 7 heteroatoms. The molecule has 1 saturated heterocycles. The quantitative estimate of drug-likeness (QED) is 0.770. The summed E-state index contributed by atoms with van der Waals surface area (Å²) in [4.78, 5) is 12.9. The van der Waals surface area contributed by atoms with Crippen LogP contribution in [0.1, 0.15) is 12.8 Å². The second-order valence-corrected chi connectivity index (χ2v) is 4.40. The number of likely N-dealkylation sites (tertiary alicyclic amines) is 1. The highest BCUT2D eigenvalue weighted by molar-refractivity contribution is 5.83. The van der Waals surface area contributed by atoms with Gasteiger partial charge in [-0.2, -0.15) is 8.78 Å². The van der Waals surface area contributed by atoms with Crippen LogP contribution in [-0.4, -0.2) is 49.8 Å². The van der Waals surface area contributed by atoms with Gasteiger partial charge in [0.2, 0.25) is 0 Å². The lowest BCUT2D eigenvalue weighted by Gasteiger charge is -2.30. The second kappa shape index (κ2) is 5.66. The molecule has 1 rings (SSSR count). The van der Waals surface area contributed by atoms with Gasteiger partial charge in [0.25, 0.3) is 5.91 Å². The number of piperidine rings is 1. The Labute approximate surface area is 97.2 Å². The van der Waals surface area contributed by atoms with Crippen molar-refractivity contribution in [3.05, 3.63) is 0 Å². The summed E-state index contributed by atoms with van der Waals surface area (Å²) in [5.74, 6) is -6.44. The molecule has 3 nitrogen and oxygen atoms in total. The summed E-state index contributed by atoms with van der Waals surface area (Å²) in [5.41, 5.74) is 0. The molecule has 1 fully saturated rings. The fourth-order valence-corrected chi connectivity index (χ4v) is 1.89. The molecule has 1 heterocycles. The lowest BCUT2D eigenvalue weighted by Crippen LogP contribution is -2.48. The Morgan fingerprint density at radius 1 is 1.53 bits per heavy atom. The maximum Gasteiger partial charge on any atom is 0.383 e. The van der Waals surface area contributed by atoms with Gasteiger partial charge >= 0.3 is 12.3 Å². The van der Waals surface area contributed by atoms with Crippen molar-refractivity contribution in [1.29, 1.82) is 0 Å². The first-order chi connectivity index (χ1) is 7.84. The van der Waals surface area contributed by atoms with Gasteiger partial charge < -0.3 is 10.2 Å². The third-order valence-corrected chi connectivity index (χ3v) is 2.85. The van der Waals surface area contributed by atoms with Crippen LogP contribution in [0.2, 0.25) is 0 Å². The monoisotopic (exact) mass is 256 g/mol. The molecule has 0 aliphatic carbocycles. The summed E-state index contributed by atoms with van der Waals surface area (Å²) in [6.07, 6.45) is -2.23. The number of hydrogen-bond donors (Lipinski definition) is 1. The zero-order chi connectivity index (χ0) is 13.1. The summed E-state index contributed by atoms with van der Waals surface area (Å²) < 4.78 is 48.9. The Morgan fingerprint density at radius 3 is 2.71 bits per heavy atom. The molecule has 0 spiro atoms. The van der Waals surface area contributed by atoms with Crippen molar-refractivity contribution in [2.45, 2.75) is 25.2 Å². The second-order valence-electron chi connectivity index (χ2n) is 4.40. The van der Waals surface area contributed by atoms with Crippen molar-refractivity contribution < 1.29 is 22.4 Å². The van der Waals surface area contributed by atoms with Gasteiger partial charge in [-0.3, -0.25) is 4.79 Å². The van der Waals surface area contributed by atoms with Crippen molar-refractivity contribution >= 4 is 5.91 Å². The van der Waals surface area contributed by atoms with Gasteiger partial charge in [-0.05, 0) is 32.4 Å². The fraction of sp³-hybridized carbons (Fsp3) is 0.900. The number of halogens is 4. The molecule has 17 heavy (non-hydrogen) atoms. The molecule has 0 aromatic heterocycles. The minimum absolute atomic E-state index is 0.0193. The van der Waals surface area contributed by atoms with Crippen molar-refractivity contribution in [3.8, 4) is 0 Å². The van der Waals surface area contributed by atoms with Crippen LogP contribution in [0.5, 0.6) is 0 Å². The minimum Gasteiger partial charge on any atom is -0.350 e. The van der Waals surface area contributed by atoms with Crippen molar-refractivity contribution in [1.82, 2.24) is 10.2 Å². The predicted octanol–water partition coefficient (Wildman–Crippen LogP) is 1.34.